The fourth-order valence-electron chi connectivity index (χ4n) is 3.40. The minimum absolute atomic E-state index is 0.143. The number of carbonyl (C=O) groups is 1. The molecule has 8 heteroatoms. The Bertz CT molecular complexity index is 1270. The van der Waals surface area contributed by atoms with E-state index in [1.54, 1.807) is 12.1 Å². The van der Waals surface area contributed by atoms with Gasteiger partial charge in [0.25, 0.3) is 0 Å². The zero-order valence-electron chi connectivity index (χ0n) is 17.1. The van der Waals surface area contributed by atoms with Crippen LogP contribution in [0.5, 0.6) is 0 Å². The molecular formula is C23H20FN5OS. The van der Waals surface area contributed by atoms with Crippen molar-refractivity contribution in [3.63, 3.8) is 0 Å². The monoisotopic (exact) mass is 433 g/mol. The second kappa shape index (κ2) is 8.66. The number of imidazole rings is 1. The summed E-state index contributed by atoms with van der Waals surface area (Å²) >= 11 is 1.30. The van der Waals surface area contributed by atoms with E-state index in [1.807, 2.05) is 42.7 Å². The molecule has 0 spiro atoms. The van der Waals surface area contributed by atoms with Gasteiger partial charge in [-0.3, -0.25) is 4.79 Å². The van der Waals surface area contributed by atoms with Crippen LogP contribution in [0.15, 0.2) is 53.7 Å². The molecule has 0 saturated carbocycles. The first kappa shape index (κ1) is 20.7. The molecule has 0 unspecified atom stereocenters. The third kappa shape index (κ3) is 4.32. The summed E-state index contributed by atoms with van der Waals surface area (Å²) in [6.45, 7) is 4.17. The maximum atomic E-state index is 13.3. The molecule has 0 aliphatic carbocycles. The first-order chi connectivity index (χ1) is 15.0. The molecule has 4 aromatic rings. The van der Waals surface area contributed by atoms with Crippen molar-refractivity contribution in [1.82, 2.24) is 14.5 Å². The Labute approximate surface area is 183 Å². The Morgan fingerprint density at radius 2 is 1.97 bits per heavy atom. The van der Waals surface area contributed by atoms with Gasteiger partial charge in [0.1, 0.15) is 17.7 Å². The van der Waals surface area contributed by atoms with Gasteiger partial charge in [0.2, 0.25) is 5.91 Å². The number of hydrogen-bond donors (Lipinski definition) is 2. The highest BCUT2D eigenvalue weighted by molar-refractivity contribution is 7.99. The molecule has 2 aromatic carbocycles. The fourth-order valence-corrected chi connectivity index (χ4v) is 4.09. The van der Waals surface area contributed by atoms with Gasteiger partial charge in [-0.1, -0.05) is 36.0 Å². The van der Waals surface area contributed by atoms with Gasteiger partial charge < -0.3 is 14.9 Å². The number of para-hydroxylation sites is 2. The summed E-state index contributed by atoms with van der Waals surface area (Å²) in [5, 5.41) is 13.2. The number of carbonyl (C=O) groups excluding carboxylic acids is 1. The van der Waals surface area contributed by atoms with Gasteiger partial charge in [-0.15, -0.1) is 0 Å². The second-order valence-corrected chi connectivity index (χ2v) is 8.12. The number of nitrogens with one attached hydrogen (secondary N) is 2. The summed E-state index contributed by atoms with van der Waals surface area (Å²) < 4.78 is 15.1. The molecule has 2 aromatic heterocycles. The quantitative estimate of drug-likeness (QED) is 0.429. The largest absolute Gasteiger partial charge is 0.333 e. The van der Waals surface area contributed by atoms with E-state index >= 15 is 0 Å². The van der Waals surface area contributed by atoms with Gasteiger partial charge >= 0.3 is 0 Å². The Morgan fingerprint density at radius 3 is 2.68 bits per heavy atom. The molecule has 6 nitrogen and oxygen atoms in total. The van der Waals surface area contributed by atoms with Gasteiger partial charge in [-0.05, 0) is 49.2 Å². The molecule has 0 aliphatic rings. The molecule has 2 N–H and O–H groups in total. The molecule has 4 rings (SSSR count). The van der Waals surface area contributed by atoms with E-state index in [1.165, 1.54) is 23.9 Å². The molecule has 0 bridgehead atoms. The van der Waals surface area contributed by atoms with E-state index in [0.717, 1.165) is 27.9 Å². The molecule has 2 heterocycles. The lowest BCUT2D eigenvalue weighted by Crippen LogP contribution is -2.18. The van der Waals surface area contributed by atoms with Crippen LogP contribution < -0.4 is 5.32 Å². The third-order valence-electron chi connectivity index (χ3n) is 5.16. The van der Waals surface area contributed by atoms with Crippen molar-refractivity contribution in [2.45, 2.75) is 25.5 Å². The summed E-state index contributed by atoms with van der Waals surface area (Å²) in [6.07, 6.45) is 0. The molecule has 0 fully saturated rings. The Kier molecular flexibility index (Phi) is 5.78. The molecule has 0 atom stereocenters. The zero-order chi connectivity index (χ0) is 22.0. The first-order valence-corrected chi connectivity index (χ1v) is 10.7. The number of fused-ring (bicyclic) bond motifs is 1. The van der Waals surface area contributed by atoms with Crippen LogP contribution in [0, 0.1) is 31.0 Å². The lowest BCUT2D eigenvalue weighted by Gasteiger charge is -2.13. The number of aromatic amines is 1. The van der Waals surface area contributed by atoms with Crippen LogP contribution in [0.25, 0.3) is 11.0 Å². The summed E-state index contributed by atoms with van der Waals surface area (Å²) in [6, 6.07) is 16.0. The maximum Gasteiger partial charge on any atom is 0.235 e. The van der Waals surface area contributed by atoms with E-state index in [2.05, 4.69) is 21.4 Å². The van der Waals surface area contributed by atoms with Gasteiger partial charge in [-0.2, -0.15) is 5.26 Å². The number of amides is 1. The van der Waals surface area contributed by atoms with Crippen molar-refractivity contribution in [2.75, 3.05) is 11.1 Å². The van der Waals surface area contributed by atoms with E-state index in [0.29, 0.717) is 23.1 Å². The van der Waals surface area contributed by atoms with Gasteiger partial charge in [0.05, 0.1) is 22.3 Å². The minimum Gasteiger partial charge on any atom is -0.333 e. The van der Waals surface area contributed by atoms with Gasteiger partial charge in [-0.25, -0.2) is 9.37 Å². The zero-order valence-corrected chi connectivity index (χ0v) is 17.9. The first-order valence-electron chi connectivity index (χ1n) is 9.68. The third-order valence-corrected chi connectivity index (χ3v) is 6.03. The summed E-state index contributed by atoms with van der Waals surface area (Å²) in [5.74, 6) is 0.0553. The lowest BCUT2D eigenvalue weighted by atomic mass is 10.2. The molecule has 0 radical (unpaired) electrons. The minimum atomic E-state index is -0.307. The van der Waals surface area contributed by atoms with Crippen molar-refractivity contribution in [2.24, 2.45) is 0 Å². The Balaban J connectivity index is 1.53. The summed E-state index contributed by atoms with van der Waals surface area (Å²) in [7, 11) is 0. The molecule has 1 amide bonds. The number of H-pyrrole nitrogens is 1. The number of halogens is 1. The highest BCUT2D eigenvalue weighted by Gasteiger charge is 2.20. The average molecular weight is 434 g/mol. The van der Waals surface area contributed by atoms with Crippen LogP contribution >= 0.6 is 11.8 Å². The second-order valence-electron chi connectivity index (χ2n) is 7.15. The van der Waals surface area contributed by atoms with Crippen molar-refractivity contribution in [1.29, 1.82) is 5.26 Å². The number of rotatable bonds is 6. The summed E-state index contributed by atoms with van der Waals surface area (Å²) in [5.41, 5.74) is 4.75. The van der Waals surface area contributed by atoms with Gasteiger partial charge in [0, 0.05) is 12.2 Å². The van der Waals surface area contributed by atoms with Crippen LogP contribution in [-0.2, 0) is 11.3 Å². The SMILES string of the molecule is Cc1c(C#N)c(NC(=O)CSc2nc3ccccc3[nH]2)n(Cc2ccc(F)cc2)c1C. The van der Waals surface area contributed by atoms with Crippen molar-refractivity contribution in [3.8, 4) is 6.07 Å². The van der Waals surface area contributed by atoms with Crippen LogP contribution in [0.1, 0.15) is 22.4 Å². The van der Waals surface area contributed by atoms with E-state index in [4.69, 9.17) is 0 Å². The normalized spacial score (nSPS) is 10.9. The van der Waals surface area contributed by atoms with Crippen LogP contribution in [0.3, 0.4) is 0 Å². The van der Waals surface area contributed by atoms with E-state index in [-0.39, 0.29) is 17.5 Å². The number of hydrogen-bond acceptors (Lipinski definition) is 4. The smallest absolute Gasteiger partial charge is 0.235 e. The predicted octanol–water partition coefficient (Wildman–Crippen LogP) is 4.77. The van der Waals surface area contributed by atoms with Crippen molar-refractivity contribution in [3.05, 3.63) is 76.7 Å². The molecule has 31 heavy (non-hydrogen) atoms. The molecule has 0 aliphatic heterocycles. The van der Waals surface area contributed by atoms with Crippen LogP contribution in [0.2, 0.25) is 0 Å². The predicted molar refractivity (Wildman–Crippen MR) is 120 cm³/mol. The van der Waals surface area contributed by atoms with Crippen LogP contribution in [-0.4, -0.2) is 26.2 Å². The maximum absolute atomic E-state index is 13.3. The molecule has 0 saturated heterocycles. The number of thioether (sulfide) groups is 1. The molecular weight excluding hydrogens is 413 g/mol. The number of nitrogens with zero attached hydrogens (tertiary/aromatic N) is 3. The van der Waals surface area contributed by atoms with Crippen molar-refractivity contribution < 1.29 is 9.18 Å². The van der Waals surface area contributed by atoms with Crippen LogP contribution in [0.4, 0.5) is 10.2 Å². The Hall–Kier alpha value is -3.57. The number of nitriles is 1. The topological polar surface area (TPSA) is 86.5 Å². The van der Waals surface area contributed by atoms with Crippen molar-refractivity contribution >= 4 is 34.5 Å². The number of aromatic nitrogens is 3. The fraction of sp³-hybridized carbons (Fsp3) is 0.174. The number of anilines is 1. The highest BCUT2D eigenvalue weighted by Crippen LogP contribution is 2.28. The Morgan fingerprint density at radius 1 is 1.23 bits per heavy atom. The molecule has 156 valence electrons. The lowest BCUT2D eigenvalue weighted by molar-refractivity contribution is -0.113. The average Bonchev–Trinajstić information content (AvgIpc) is 3.28. The summed E-state index contributed by atoms with van der Waals surface area (Å²) in [4.78, 5) is 20.3. The number of benzene rings is 2. The van der Waals surface area contributed by atoms with E-state index < -0.39 is 0 Å². The van der Waals surface area contributed by atoms with E-state index in [9.17, 15) is 14.4 Å². The standard InChI is InChI=1S/C23H20FN5OS/c1-14-15(2)29(12-16-7-9-17(24)10-8-16)22(18(14)11-25)28-21(30)13-31-23-26-19-5-3-4-6-20(19)27-23/h3-10H,12-13H2,1-2H3,(H,26,27)(H,28,30). The highest BCUT2D eigenvalue weighted by atomic mass is 32.2. The van der Waals surface area contributed by atoms with Gasteiger partial charge in [0.15, 0.2) is 5.16 Å².